The van der Waals surface area contributed by atoms with Crippen molar-refractivity contribution in [1.82, 2.24) is 0 Å². The first-order valence-electron chi connectivity index (χ1n) is 3.58. The molecule has 0 aliphatic heterocycles. The van der Waals surface area contributed by atoms with E-state index in [1.54, 1.807) is 6.07 Å². The van der Waals surface area contributed by atoms with Crippen LogP contribution in [0.3, 0.4) is 0 Å². The lowest BCUT2D eigenvalue weighted by Crippen LogP contribution is -2.01. The number of carbonyl (C=O) groups is 1. The number of hydrogen-bond acceptors (Lipinski definition) is 4. The number of halogens is 1. The van der Waals surface area contributed by atoms with Gasteiger partial charge in [-0.25, -0.2) is 4.79 Å². The smallest absolute Gasteiger partial charge is 0.336 e. The number of nitro groups is 1. The minimum absolute atomic E-state index is 0.0701. The number of rotatable bonds is 2. The SMILES string of the molecule is N#Cc1cc(C(=O)O)c(Br)cc1[N+](=O)[O-]. The van der Waals surface area contributed by atoms with Gasteiger partial charge in [-0.05, 0) is 22.0 Å². The summed E-state index contributed by atoms with van der Waals surface area (Å²) in [5, 5.41) is 27.8. The first-order valence-corrected chi connectivity index (χ1v) is 4.38. The van der Waals surface area contributed by atoms with Gasteiger partial charge in [0.2, 0.25) is 0 Å². The van der Waals surface area contributed by atoms with Crippen molar-refractivity contribution < 1.29 is 14.8 Å². The Bertz CT molecular complexity index is 492. The summed E-state index contributed by atoms with van der Waals surface area (Å²) in [4.78, 5) is 20.4. The number of nitro benzene ring substituents is 1. The second kappa shape index (κ2) is 4.06. The maximum Gasteiger partial charge on any atom is 0.336 e. The Morgan fingerprint density at radius 2 is 2.20 bits per heavy atom. The van der Waals surface area contributed by atoms with Crippen LogP contribution in [-0.2, 0) is 0 Å². The van der Waals surface area contributed by atoms with Gasteiger partial charge in [0.1, 0.15) is 11.6 Å². The Balaban J connectivity index is 3.51. The molecule has 0 radical (unpaired) electrons. The van der Waals surface area contributed by atoms with E-state index in [1.165, 1.54) is 0 Å². The molecule has 7 heteroatoms. The molecule has 0 aliphatic rings. The summed E-state index contributed by atoms with van der Waals surface area (Å²) in [6.45, 7) is 0. The van der Waals surface area contributed by atoms with Crippen molar-refractivity contribution in [1.29, 1.82) is 5.26 Å². The van der Waals surface area contributed by atoms with Crippen molar-refractivity contribution in [2.45, 2.75) is 0 Å². The molecular formula is C8H3BrN2O4. The summed E-state index contributed by atoms with van der Waals surface area (Å²) in [6, 6.07) is 3.54. The summed E-state index contributed by atoms with van der Waals surface area (Å²) >= 11 is 2.88. The zero-order chi connectivity index (χ0) is 11.6. The molecule has 0 saturated carbocycles. The van der Waals surface area contributed by atoms with Gasteiger partial charge in [0, 0.05) is 10.5 Å². The summed E-state index contributed by atoms with van der Waals surface area (Å²) in [6.07, 6.45) is 0. The van der Waals surface area contributed by atoms with Gasteiger partial charge in [-0.3, -0.25) is 10.1 Å². The van der Waals surface area contributed by atoms with Crippen LogP contribution in [0.4, 0.5) is 5.69 Å². The number of aromatic carboxylic acids is 1. The molecule has 0 heterocycles. The highest BCUT2D eigenvalue weighted by Gasteiger charge is 2.19. The predicted octanol–water partition coefficient (Wildman–Crippen LogP) is 1.93. The molecule has 6 nitrogen and oxygen atoms in total. The second-order valence-corrected chi connectivity index (χ2v) is 3.38. The predicted molar refractivity (Wildman–Crippen MR) is 52.5 cm³/mol. The van der Waals surface area contributed by atoms with Gasteiger partial charge >= 0.3 is 5.97 Å². The van der Waals surface area contributed by atoms with E-state index in [0.29, 0.717) is 0 Å². The van der Waals surface area contributed by atoms with Crippen molar-refractivity contribution in [2.24, 2.45) is 0 Å². The molecule has 0 aliphatic carbocycles. The highest BCUT2D eigenvalue weighted by molar-refractivity contribution is 9.10. The number of benzene rings is 1. The minimum atomic E-state index is -1.26. The molecule has 0 bridgehead atoms. The van der Waals surface area contributed by atoms with E-state index in [4.69, 9.17) is 10.4 Å². The van der Waals surface area contributed by atoms with Crippen LogP contribution < -0.4 is 0 Å². The van der Waals surface area contributed by atoms with Gasteiger partial charge in [-0.2, -0.15) is 5.26 Å². The van der Waals surface area contributed by atoms with Gasteiger partial charge in [0.05, 0.1) is 10.5 Å². The molecule has 1 aromatic rings. The van der Waals surface area contributed by atoms with Crippen molar-refractivity contribution >= 4 is 27.6 Å². The molecule has 0 spiro atoms. The Kier molecular flexibility index (Phi) is 3.01. The quantitative estimate of drug-likeness (QED) is 0.653. The van der Waals surface area contributed by atoms with Crippen LogP contribution >= 0.6 is 15.9 Å². The monoisotopic (exact) mass is 270 g/mol. The average Bonchev–Trinajstić information content (AvgIpc) is 2.16. The van der Waals surface area contributed by atoms with Gasteiger partial charge in [0.15, 0.2) is 0 Å². The molecule has 1 N–H and O–H groups in total. The minimum Gasteiger partial charge on any atom is -0.478 e. The molecule has 0 saturated heterocycles. The first-order chi connectivity index (χ1) is 6.97. The number of nitriles is 1. The van der Waals surface area contributed by atoms with Crippen LogP contribution in [0.5, 0.6) is 0 Å². The van der Waals surface area contributed by atoms with Gasteiger partial charge < -0.3 is 5.11 Å². The van der Waals surface area contributed by atoms with E-state index in [0.717, 1.165) is 12.1 Å². The molecule has 0 unspecified atom stereocenters. The third-order valence-corrected chi connectivity index (χ3v) is 2.29. The van der Waals surface area contributed by atoms with Crippen molar-refractivity contribution in [2.75, 3.05) is 0 Å². The average molecular weight is 271 g/mol. The topological polar surface area (TPSA) is 104 Å². The number of carboxylic acid groups (broad SMARTS) is 1. The Labute approximate surface area is 92.0 Å². The standard InChI is InChI=1S/C8H3BrN2O4/c9-6-2-7(11(14)15)4(3-10)1-5(6)8(12)13/h1-2H,(H,12,13). The fraction of sp³-hybridized carbons (Fsp3) is 0. The number of hydrogen-bond donors (Lipinski definition) is 1. The van der Waals surface area contributed by atoms with Crippen LogP contribution in [0.15, 0.2) is 16.6 Å². The van der Waals surface area contributed by atoms with Crippen LogP contribution in [0.2, 0.25) is 0 Å². The van der Waals surface area contributed by atoms with Crippen LogP contribution in [-0.4, -0.2) is 16.0 Å². The Hall–Kier alpha value is -1.94. The zero-order valence-corrected chi connectivity index (χ0v) is 8.69. The van der Waals surface area contributed by atoms with E-state index in [1.807, 2.05) is 0 Å². The maximum absolute atomic E-state index is 10.7. The molecule has 0 atom stereocenters. The summed E-state index contributed by atoms with van der Waals surface area (Å²) in [5.74, 6) is -1.26. The first kappa shape index (κ1) is 11.1. The molecule has 15 heavy (non-hydrogen) atoms. The third kappa shape index (κ3) is 2.11. The van der Waals surface area contributed by atoms with Crippen LogP contribution in [0.1, 0.15) is 15.9 Å². The third-order valence-electron chi connectivity index (χ3n) is 1.63. The molecule has 0 aromatic heterocycles. The van der Waals surface area contributed by atoms with Crippen LogP contribution in [0.25, 0.3) is 0 Å². The van der Waals surface area contributed by atoms with E-state index in [2.05, 4.69) is 15.9 Å². The fourth-order valence-corrected chi connectivity index (χ4v) is 1.47. The van der Waals surface area contributed by atoms with Gasteiger partial charge in [-0.1, -0.05) is 0 Å². The number of nitrogens with zero attached hydrogens (tertiary/aromatic N) is 2. The molecule has 1 aromatic carbocycles. The Morgan fingerprint density at radius 1 is 1.60 bits per heavy atom. The lowest BCUT2D eigenvalue weighted by Gasteiger charge is -2.00. The Morgan fingerprint density at radius 3 is 2.60 bits per heavy atom. The van der Waals surface area contributed by atoms with Crippen molar-refractivity contribution in [3.05, 3.63) is 37.8 Å². The summed E-state index contributed by atoms with van der Waals surface area (Å²) in [5.41, 5.74) is -0.882. The lowest BCUT2D eigenvalue weighted by atomic mass is 10.1. The summed E-state index contributed by atoms with van der Waals surface area (Å²) in [7, 11) is 0. The molecule has 76 valence electrons. The molecule has 1 rings (SSSR count). The van der Waals surface area contributed by atoms with Crippen molar-refractivity contribution in [3.63, 3.8) is 0 Å². The van der Waals surface area contributed by atoms with E-state index in [9.17, 15) is 14.9 Å². The maximum atomic E-state index is 10.7. The molecular weight excluding hydrogens is 268 g/mol. The lowest BCUT2D eigenvalue weighted by molar-refractivity contribution is -0.385. The van der Waals surface area contributed by atoms with E-state index >= 15 is 0 Å². The normalized spacial score (nSPS) is 9.33. The summed E-state index contributed by atoms with van der Waals surface area (Å²) < 4.78 is 0.0701. The fourth-order valence-electron chi connectivity index (χ4n) is 0.967. The largest absolute Gasteiger partial charge is 0.478 e. The highest BCUT2D eigenvalue weighted by Crippen LogP contribution is 2.26. The zero-order valence-electron chi connectivity index (χ0n) is 7.10. The van der Waals surface area contributed by atoms with E-state index in [-0.39, 0.29) is 15.6 Å². The number of carboxylic acids is 1. The van der Waals surface area contributed by atoms with Gasteiger partial charge in [-0.15, -0.1) is 0 Å². The molecule has 0 fully saturated rings. The van der Waals surface area contributed by atoms with Gasteiger partial charge in [0.25, 0.3) is 5.69 Å². The van der Waals surface area contributed by atoms with E-state index < -0.39 is 16.6 Å². The van der Waals surface area contributed by atoms with Crippen molar-refractivity contribution in [3.8, 4) is 6.07 Å². The highest BCUT2D eigenvalue weighted by atomic mass is 79.9. The molecule has 0 amide bonds. The van der Waals surface area contributed by atoms with Crippen LogP contribution in [0, 0.1) is 21.4 Å². The second-order valence-electron chi connectivity index (χ2n) is 2.52.